The molecule has 0 aliphatic heterocycles. The fourth-order valence-corrected chi connectivity index (χ4v) is 2.54. The third-order valence-electron chi connectivity index (χ3n) is 3.91. The first kappa shape index (κ1) is 14.5. The predicted octanol–water partition coefficient (Wildman–Crippen LogP) is 5.71. The third kappa shape index (κ3) is 3.09. The average molecular weight is 287 g/mol. The zero-order valence-corrected chi connectivity index (χ0v) is 13.4. The molecule has 22 heavy (non-hydrogen) atoms. The van der Waals surface area contributed by atoms with Gasteiger partial charge < -0.3 is 0 Å². The minimum Gasteiger partial charge on any atom is -0.256 e. The van der Waals surface area contributed by atoms with E-state index in [2.05, 4.69) is 74.3 Å². The fraction of sp³-hybridized carbons (Fsp3) is 0.190. The van der Waals surface area contributed by atoms with Crippen molar-refractivity contribution in [2.45, 2.75) is 26.2 Å². The molecule has 110 valence electrons. The van der Waals surface area contributed by atoms with E-state index >= 15 is 0 Å². The number of hydrogen-bond donors (Lipinski definition) is 0. The van der Waals surface area contributed by atoms with Crippen LogP contribution in [0.15, 0.2) is 72.9 Å². The Morgan fingerprint density at radius 2 is 1.36 bits per heavy atom. The number of benzene rings is 2. The lowest BCUT2D eigenvalue weighted by atomic mass is 9.86. The van der Waals surface area contributed by atoms with Gasteiger partial charge in [-0.15, -0.1) is 0 Å². The van der Waals surface area contributed by atoms with Crippen molar-refractivity contribution < 1.29 is 0 Å². The van der Waals surface area contributed by atoms with E-state index in [0.717, 1.165) is 11.3 Å². The summed E-state index contributed by atoms with van der Waals surface area (Å²) >= 11 is 0. The summed E-state index contributed by atoms with van der Waals surface area (Å²) in [4.78, 5) is 4.49. The molecule has 0 aliphatic carbocycles. The van der Waals surface area contributed by atoms with E-state index in [1.54, 1.807) is 0 Å². The van der Waals surface area contributed by atoms with Crippen LogP contribution >= 0.6 is 0 Å². The molecule has 0 aliphatic rings. The Morgan fingerprint density at radius 1 is 0.682 bits per heavy atom. The van der Waals surface area contributed by atoms with Gasteiger partial charge in [0.15, 0.2) is 0 Å². The molecule has 1 heterocycles. The van der Waals surface area contributed by atoms with Crippen LogP contribution in [-0.4, -0.2) is 4.98 Å². The van der Waals surface area contributed by atoms with Crippen molar-refractivity contribution in [2.75, 3.05) is 0 Å². The maximum absolute atomic E-state index is 4.49. The molecule has 0 saturated carbocycles. The minimum absolute atomic E-state index is 0.186. The van der Waals surface area contributed by atoms with Crippen LogP contribution < -0.4 is 0 Å². The maximum atomic E-state index is 4.49. The van der Waals surface area contributed by atoms with Crippen LogP contribution in [0.3, 0.4) is 0 Å². The molecule has 3 aromatic rings. The van der Waals surface area contributed by atoms with Gasteiger partial charge in [0.2, 0.25) is 0 Å². The summed E-state index contributed by atoms with van der Waals surface area (Å²) in [5.41, 5.74) is 6.13. The molecule has 3 rings (SSSR count). The van der Waals surface area contributed by atoms with Crippen molar-refractivity contribution >= 4 is 0 Å². The number of aromatic nitrogens is 1. The highest BCUT2D eigenvalue weighted by atomic mass is 14.7. The number of hydrogen-bond acceptors (Lipinski definition) is 1. The zero-order valence-electron chi connectivity index (χ0n) is 13.4. The molecule has 1 heteroatoms. The van der Waals surface area contributed by atoms with Gasteiger partial charge in [-0.25, -0.2) is 0 Å². The molecule has 0 amide bonds. The van der Waals surface area contributed by atoms with Gasteiger partial charge in [-0.2, -0.15) is 0 Å². The monoisotopic (exact) mass is 287 g/mol. The van der Waals surface area contributed by atoms with Crippen LogP contribution in [0, 0.1) is 0 Å². The van der Waals surface area contributed by atoms with Crippen LogP contribution in [0.25, 0.3) is 22.4 Å². The van der Waals surface area contributed by atoms with E-state index in [0.29, 0.717) is 0 Å². The van der Waals surface area contributed by atoms with Gasteiger partial charge in [-0.3, -0.25) is 4.98 Å². The molecule has 0 spiro atoms. The smallest absolute Gasteiger partial charge is 0.0708 e. The molecule has 0 N–H and O–H groups in total. The second-order valence-electron chi connectivity index (χ2n) is 6.62. The fourth-order valence-electron chi connectivity index (χ4n) is 2.54. The van der Waals surface area contributed by atoms with Crippen molar-refractivity contribution in [3.05, 3.63) is 78.5 Å². The molecule has 0 bridgehead atoms. The molecule has 0 atom stereocenters. The van der Waals surface area contributed by atoms with E-state index < -0.39 is 0 Å². The average Bonchev–Trinajstić information content (AvgIpc) is 2.55. The van der Waals surface area contributed by atoms with Gasteiger partial charge in [0.05, 0.1) is 5.69 Å². The summed E-state index contributed by atoms with van der Waals surface area (Å²) in [7, 11) is 0. The van der Waals surface area contributed by atoms with Crippen LogP contribution in [0.2, 0.25) is 0 Å². The Hall–Kier alpha value is -2.41. The first-order valence-corrected chi connectivity index (χ1v) is 7.66. The molecule has 0 saturated heterocycles. The van der Waals surface area contributed by atoms with Gasteiger partial charge in [-0.1, -0.05) is 75.4 Å². The SMILES string of the molecule is CC(C)(C)c1ccc(-c2ccnc(-c3ccccc3)c2)cc1. The molecular formula is C21H21N. The normalized spacial score (nSPS) is 11.4. The summed E-state index contributed by atoms with van der Waals surface area (Å²) in [5, 5.41) is 0. The molecular weight excluding hydrogens is 266 g/mol. The molecule has 1 nitrogen and oxygen atoms in total. The van der Waals surface area contributed by atoms with E-state index in [9.17, 15) is 0 Å². The molecule has 0 unspecified atom stereocenters. The Morgan fingerprint density at radius 3 is 2.00 bits per heavy atom. The number of rotatable bonds is 2. The Labute approximate surface area is 132 Å². The zero-order chi connectivity index (χ0) is 15.6. The lowest BCUT2D eigenvalue weighted by Gasteiger charge is -2.19. The number of pyridine rings is 1. The molecule has 1 aromatic heterocycles. The lowest BCUT2D eigenvalue weighted by Crippen LogP contribution is -2.10. The molecule has 2 aromatic carbocycles. The van der Waals surface area contributed by atoms with E-state index in [-0.39, 0.29) is 5.41 Å². The van der Waals surface area contributed by atoms with Crippen LogP contribution in [0.1, 0.15) is 26.3 Å². The van der Waals surface area contributed by atoms with Gasteiger partial charge in [-0.05, 0) is 34.2 Å². The summed E-state index contributed by atoms with van der Waals surface area (Å²) in [6.45, 7) is 6.71. The van der Waals surface area contributed by atoms with Crippen molar-refractivity contribution in [1.29, 1.82) is 0 Å². The predicted molar refractivity (Wildman–Crippen MR) is 93.8 cm³/mol. The van der Waals surface area contributed by atoms with Crippen molar-refractivity contribution in [3.8, 4) is 22.4 Å². The maximum Gasteiger partial charge on any atom is 0.0708 e. The molecule has 0 fully saturated rings. The van der Waals surface area contributed by atoms with Crippen molar-refractivity contribution in [1.82, 2.24) is 4.98 Å². The van der Waals surface area contributed by atoms with E-state index in [1.807, 2.05) is 24.4 Å². The quantitative estimate of drug-likeness (QED) is 0.588. The Bertz CT molecular complexity index is 750. The second-order valence-corrected chi connectivity index (χ2v) is 6.62. The standard InChI is InChI=1S/C21H21N/c1-21(2,3)19-11-9-16(10-12-19)18-13-14-22-20(15-18)17-7-5-4-6-8-17/h4-15H,1-3H3. The highest BCUT2D eigenvalue weighted by Gasteiger charge is 2.13. The highest BCUT2D eigenvalue weighted by molar-refractivity contribution is 5.70. The van der Waals surface area contributed by atoms with Gasteiger partial charge in [0, 0.05) is 11.8 Å². The third-order valence-corrected chi connectivity index (χ3v) is 3.91. The van der Waals surface area contributed by atoms with Crippen LogP contribution in [-0.2, 0) is 5.41 Å². The van der Waals surface area contributed by atoms with Gasteiger partial charge >= 0.3 is 0 Å². The second kappa shape index (κ2) is 5.76. The van der Waals surface area contributed by atoms with Crippen LogP contribution in [0.4, 0.5) is 0 Å². The van der Waals surface area contributed by atoms with Gasteiger partial charge in [0.25, 0.3) is 0 Å². The molecule has 0 radical (unpaired) electrons. The minimum atomic E-state index is 0.186. The summed E-state index contributed by atoms with van der Waals surface area (Å²) in [6.07, 6.45) is 1.88. The summed E-state index contributed by atoms with van der Waals surface area (Å²) < 4.78 is 0. The Kier molecular flexibility index (Phi) is 3.81. The summed E-state index contributed by atoms with van der Waals surface area (Å²) in [5.74, 6) is 0. The lowest BCUT2D eigenvalue weighted by molar-refractivity contribution is 0.590. The van der Waals surface area contributed by atoms with Crippen molar-refractivity contribution in [3.63, 3.8) is 0 Å². The van der Waals surface area contributed by atoms with Gasteiger partial charge in [0.1, 0.15) is 0 Å². The first-order chi connectivity index (χ1) is 10.5. The largest absolute Gasteiger partial charge is 0.256 e. The topological polar surface area (TPSA) is 12.9 Å². The van der Waals surface area contributed by atoms with Crippen molar-refractivity contribution in [2.24, 2.45) is 0 Å². The summed E-state index contributed by atoms with van der Waals surface area (Å²) in [6, 6.07) is 23.4. The highest BCUT2D eigenvalue weighted by Crippen LogP contribution is 2.28. The first-order valence-electron chi connectivity index (χ1n) is 7.66. The Balaban J connectivity index is 1.96. The number of nitrogens with zero attached hydrogens (tertiary/aromatic N) is 1. The van der Waals surface area contributed by atoms with E-state index in [4.69, 9.17) is 0 Å². The van der Waals surface area contributed by atoms with E-state index in [1.165, 1.54) is 16.7 Å². The van der Waals surface area contributed by atoms with Crippen LogP contribution in [0.5, 0.6) is 0 Å².